The van der Waals surface area contributed by atoms with Crippen LogP contribution < -0.4 is 10.1 Å². The van der Waals surface area contributed by atoms with Gasteiger partial charge in [0, 0.05) is 19.6 Å². The Kier molecular flexibility index (Phi) is 9.91. The third kappa shape index (κ3) is 7.20. The van der Waals surface area contributed by atoms with E-state index in [4.69, 9.17) is 4.74 Å². The summed E-state index contributed by atoms with van der Waals surface area (Å²) in [6, 6.07) is 17.9. The fourth-order valence-electron chi connectivity index (χ4n) is 4.92. The van der Waals surface area contributed by atoms with Gasteiger partial charge < -0.3 is 15.0 Å². The van der Waals surface area contributed by atoms with Gasteiger partial charge in [0.15, 0.2) is 0 Å². The first-order valence-corrected chi connectivity index (χ1v) is 14.9. The number of ether oxygens (including phenoxy) is 1. The lowest BCUT2D eigenvalue weighted by molar-refractivity contribution is -0.131. The van der Waals surface area contributed by atoms with E-state index in [0.717, 1.165) is 15.3 Å². The van der Waals surface area contributed by atoms with Crippen LogP contribution in [0.1, 0.15) is 36.8 Å². The molecule has 9 nitrogen and oxygen atoms in total. The van der Waals surface area contributed by atoms with Crippen LogP contribution in [0.3, 0.4) is 0 Å². The Balaban J connectivity index is 1.60. The summed E-state index contributed by atoms with van der Waals surface area (Å²) in [5.41, 5.74) is 1.22. The lowest BCUT2D eigenvalue weighted by atomic mass is 10.1. The van der Waals surface area contributed by atoms with Crippen LogP contribution in [0, 0.1) is 11.3 Å². The van der Waals surface area contributed by atoms with Crippen LogP contribution in [0.2, 0.25) is 0 Å². The summed E-state index contributed by atoms with van der Waals surface area (Å²) in [6.07, 6.45) is 1.77. The molecule has 1 atom stereocenters. The SMILES string of the molecule is COc1ccc2ccc(S(=O)(=O)N(CC(=O)NCCCCCF)[C@H]3CCN(Cc4cccc(C#N)c4)C3=O)cc2c1. The zero-order chi connectivity index (χ0) is 29.4. The Labute approximate surface area is 239 Å². The van der Waals surface area contributed by atoms with E-state index in [-0.39, 0.29) is 24.4 Å². The summed E-state index contributed by atoms with van der Waals surface area (Å²) >= 11 is 0. The number of amides is 2. The third-order valence-electron chi connectivity index (χ3n) is 7.10. The van der Waals surface area contributed by atoms with E-state index in [9.17, 15) is 27.7 Å². The molecule has 1 saturated heterocycles. The van der Waals surface area contributed by atoms with E-state index in [1.54, 1.807) is 47.4 Å². The van der Waals surface area contributed by atoms with Crippen LogP contribution in [0.25, 0.3) is 10.8 Å². The van der Waals surface area contributed by atoms with Gasteiger partial charge in [-0.3, -0.25) is 14.0 Å². The van der Waals surface area contributed by atoms with Crippen molar-refractivity contribution in [3.05, 3.63) is 71.8 Å². The quantitative estimate of drug-likeness (QED) is 0.308. The first-order valence-electron chi connectivity index (χ1n) is 13.5. The highest BCUT2D eigenvalue weighted by Crippen LogP contribution is 2.29. The van der Waals surface area contributed by atoms with Gasteiger partial charge in [-0.05, 0) is 78.4 Å². The van der Waals surface area contributed by atoms with Crippen molar-refractivity contribution >= 4 is 32.6 Å². The second-order valence-electron chi connectivity index (χ2n) is 9.90. The van der Waals surface area contributed by atoms with Gasteiger partial charge >= 0.3 is 0 Å². The number of benzene rings is 3. The number of sulfonamides is 1. The minimum Gasteiger partial charge on any atom is -0.497 e. The van der Waals surface area contributed by atoms with Crippen molar-refractivity contribution in [1.29, 1.82) is 5.26 Å². The standard InChI is InChI=1S/C30H33FN4O5S/c1-40-26-10-8-24-9-11-27(18-25(24)17-26)41(38,39)35(21-29(36)33-14-4-2-3-13-31)28-12-15-34(30(28)37)20-23-7-5-6-22(16-23)19-32/h5-11,16-18,28H,2-4,12-15,20-21H2,1H3,(H,33,36)/t28-/m0/s1. The van der Waals surface area contributed by atoms with Crippen molar-refractivity contribution < 1.29 is 27.1 Å². The Hall–Kier alpha value is -4.01. The second kappa shape index (κ2) is 13.6. The number of hydrogen-bond donors (Lipinski definition) is 1. The van der Waals surface area contributed by atoms with E-state index in [1.165, 1.54) is 19.2 Å². The maximum atomic E-state index is 14.0. The molecule has 0 aromatic heterocycles. The number of halogens is 1. The normalized spacial score (nSPS) is 15.3. The van der Waals surface area contributed by atoms with E-state index < -0.39 is 41.1 Å². The molecule has 216 valence electrons. The molecule has 1 aliphatic rings. The van der Waals surface area contributed by atoms with Crippen LogP contribution in [0.4, 0.5) is 4.39 Å². The Morgan fingerprint density at radius 3 is 2.68 bits per heavy atom. The van der Waals surface area contributed by atoms with Crippen LogP contribution in [0.15, 0.2) is 65.6 Å². The number of methoxy groups -OCH3 is 1. The van der Waals surface area contributed by atoms with Crippen molar-refractivity contribution in [1.82, 2.24) is 14.5 Å². The van der Waals surface area contributed by atoms with Crippen molar-refractivity contribution in [2.24, 2.45) is 0 Å². The fourth-order valence-corrected chi connectivity index (χ4v) is 6.52. The largest absolute Gasteiger partial charge is 0.497 e. The molecule has 2 amide bonds. The average molecular weight is 581 g/mol. The van der Waals surface area contributed by atoms with E-state index in [2.05, 4.69) is 11.4 Å². The number of alkyl halides is 1. The van der Waals surface area contributed by atoms with Crippen molar-refractivity contribution in [3.8, 4) is 11.8 Å². The van der Waals surface area contributed by atoms with Crippen LogP contribution in [-0.4, -0.2) is 68.9 Å². The van der Waals surface area contributed by atoms with Crippen molar-refractivity contribution in [2.45, 2.75) is 43.2 Å². The second-order valence-corrected chi connectivity index (χ2v) is 11.8. The molecule has 0 unspecified atom stereocenters. The van der Waals surface area contributed by atoms with Gasteiger partial charge in [-0.15, -0.1) is 0 Å². The molecular weight excluding hydrogens is 547 g/mol. The minimum absolute atomic E-state index is 0.0398. The first-order chi connectivity index (χ1) is 19.8. The number of carbonyl (C=O) groups excluding carboxylic acids is 2. The number of nitriles is 1. The number of unbranched alkanes of at least 4 members (excludes halogenated alkanes) is 2. The van der Waals surface area contributed by atoms with Gasteiger partial charge in [0.2, 0.25) is 21.8 Å². The predicted octanol–water partition coefficient (Wildman–Crippen LogP) is 3.77. The molecule has 1 N–H and O–H groups in total. The van der Waals surface area contributed by atoms with Gasteiger partial charge in [-0.1, -0.05) is 24.3 Å². The van der Waals surface area contributed by atoms with Gasteiger partial charge in [0.1, 0.15) is 11.8 Å². The number of carbonyl (C=O) groups is 2. The molecule has 11 heteroatoms. The molecule has 1 aliphatic heterocycles. The summed E-state index contributed by atoms with van der Waals surface area (Å²) in [5.74, 6) is -0.378. The number of hydrogen-bond acceptors (Lipinski definition) is 6. The molecule has 0 bridgehead atoms. The number of nitrogens with zero attached hydrogens (tertiary/aromatic N) is 3. The smallest absolute Gasteiger partial charge is 0.244 e. The van der Waals surface area contributed by atoms with Gasteiger partial charge in [-0.2, -0.15) is 9.57 Å². The Morgan fingerprint density at radius 2 is 1.93 bits per heavy atom. The molecule has 0 radical (unpaired) electrons. The number of likely N-dealkylation sites (tertiary alicyclic amines) is 1. The number of nitrogens with one attached hydrogen (secondary N) is 1. The van der Waals surface area contributed by atoms with Gasteiger partial charge in [0.05, 0.1) is 36.9 Å². The van der Waals surface area contributed by atoms with Gasteiger partial charge in [0.25, 0.3) is 0 Å². The maximum Gasteiger partial charge on any atom is 0.244 e. The van der Waals surface area contributed by atoms with E-state index in [1.807, 2.05) is 6.07 Å². The topological polar surface area (TPSA) is 120 Å². The molecular formula is C30H33FN4O5S. The molecule has 41 heavy (non-hydrogen) atoms. The first kappa shape index (κ1) is 30.0. The summed E-state index contributed by atoms with van der Waals surface area (Å²) in [6.45, 7) is -0.168. The predicted molar refractivity (Wildman–Crippen MR) is 152 cm³/mol. The van der Waals surface area contributed by atoms with Crippen LogP contribution >= 0.6 is 0 Å². The maximum absolute atomic E-state index is 14.0. The minimum atomic E-state index is -4.28. The lowest BCUT2D eigenvalue weighted by Gasteiger charge is -2.27. The zero-order valence-corrected chi connectivity index (χ0v) is 23.7. The monoisotopic (exact) mass is 580 g/mol. The van der Waals surface area contributed by atoms with Crippen LogP contribution in [0.5, 0.6) is 5.75 Å². The molecule has 4 rings (SSSR count). The Bertz CT molecular complexity index is 1560. The number of fused-ring (bicyclic) bond motifs is 1. The molecule has 1 heterocycles. The Morgan fingerprint density at radius 1 is 1.12 bits per heavy atom. The van der Waals surface area contributed by atoms with Crippen LogP contribution in [-0.2, 0) is 26.2 Å². The van der Waals surface area contributed by atoms with E-state index in [0.29, 0.717) is 42.5 Å². The zero-order valence-electron chi connectivity index (χ0n) is 22.9. The highest BCUT2D eigenvalue weighted by atomic mass is 32.2. The fraction of sp³-hybridized carbons (Fsp3) is 0.367. The molecule has 0 spiro atoms. The van der Waals surface area contributed by atoms with Crippen molar-refractivity contribution in [2.75, 3.05) is 33.4 Å². The van der Waals surface area contributed by atoms with Gasteiger partial charge in [-0.25, -0.2) is 8.42 Å². The average Bonchev–Trinajstić information content (AvgIpc) is 3.33. The highest BCUT2D eigenvalue weighted by molar-refractivity contribution is 7.89. The van der Waals surface area contributed by atoms with Crippen molar-refractivity contribution in [3.63, 3.8) is 0 Å². The molecule has 3 aromatic rings. The molecule has 3 aromatic carbocycles. The summed E-state index contributed by atoms with van der Waals surface area (Å²) in [5, 5.41) is 13.4. The third-order valence-corrected chi connectivity index (χ3v) is 8.95. The lowest BCUT2D eigenvalue weighted by Crippen LogP contribution is -2.49. The van der Waals surface area contributed by atoms with E-state index >= 15 is 0 Å². The molecule has 0 aliphatic carbocycles. The summed E-state index contributed by atoms with van der Waals surface area (Å²) < 4.78 is 46.7. The molecule has 1 fully saturated rings. The summed E-state index contributed by atoms with van der Waals surface area (Å²) in [4.78, 5) is 28.0. The number of rotatable bonds is 13. The molecule has 0 saturated carbocycles. The summed E-state index contributed by atoms with van der Waals surface area (Å²) in [7, 11) is -2.76. The highest BCUT2D eigenvalue weighted by Gasteiger charge is 2.42.